The Morgan fingerprint density at radius 2 is 1.87 bits per heavy atom. The van der Waals surface area contributed by atoms with E-state index >= 15 is 0 Å². The van der Waals surface area contributed by atoms with Gasteiger partial charge in [0.25, 0.3) is 5.91 Å². The SMILES string of the molecule is N#CC1CN(S(=O)(=O)c2cc(F)cc(C(=O)N3CCCC3)c2)C1. The van der Waals surface area contributed by atoms with Crippen LogP contribution in [0.5, 0.6) is 0 Å². The van der Waals surface area contributed by atoms with E-state index in [0.29, 0.717) is 13.1 Å². The lowest BCUT2D eigenvalue weighted by Gasteiger charge is -2.34. The largest absolute Gasteiger partial charge is 0.339 e. The molecule has 6 nitrogen and oxygen atoms in total. The van der Waals surface area contributed by atoms with Crippen molar-refractivity contribution < 1.29 is 17.6 Å². The summed E-state index contributed by atoms with van der Waals surface area (Å²) in [4.78, 5) is 13.7. The van der Waals surface area contributed by atoms with Gasteiger partial charge in [0.1, 0.15) is 5.82 Å². The molecule has 0 spiro atoms. The molecule has 0 bridgehead atoms. The molecule has 1 aromatic carbocycles. The maximum atomic E-state index is 13.8. The summed E-state index contributed by atoms with van der Waals surface area (Å²) in [7, 11) is -3.88. The fourth-order valence-corrected chi connectivity index (χ4v) is 4.39. The first-order chi connectivity index (χ1) is 10.9. The molecule has 2 aliphatic heterocycles. The Balaban J connectivity index is 1.89. The molecule has 2 aliphatic rings. The topological polar surface area (TPSA) is 81.5 Å². The summed E-state index contributed by atoms with van der Waals surface area (Å²) < 4.78 is 39.9. The van der Waals surface area contributed by atoms with Crippen LogP contribution in [0, 0.1) is 23.1 Å². The van der Waals surface area contributed by atoms with Gasteiger partial charge in [-0.3, -0.25) is 4.79 Å². The number of hydrogen-bond acceptors (Lipinski definition) is 4. The van der Waals surface area contributed by atoms with Gasteiger partial charge in [-0.1, -0.05) is 0 Å². The highest BCUT2D eigenvalue weighted by molar-refractivity contribution is 7.89. The molecule has 0 N–H and O–H groups in total. The highest BCUT2D eigenvalue weighted by atomic mass is 32.2. The molecular formula is C15H16FN3O3S. The average Bonchev–Trinajstić information content (AvgIpc) is 2.98. The second-order valence-electron chi connectivity index (χ2n) is 5.82. The fourth-order valence-electron chi connectivity index (χ4n) is 2.80. The van der Waals surface area contributed by atoms with Crippen molar-refractivity contribution in [3.8, 4) is 6.07 Å². The molecule has 2 fully saturated rings. The van der Waals surface area contributed by atoms with E-state index in [2.05, 4.69) is 0 Å². The van der Waals surface area contributed by atoms with E-state index in [1.165, 1.54) is 6.07 Å². The van der Waals surface area contributed by atoms with Crippen LogP contribution in [0.3, 0.4) is 0 Å². The number of halogens is 1. The normalized spacial score (nSPS) is 19.4. The molecule has 2 heterocycles. The summed E-state index contributed by atoms with van der Waals surface area (Å²) in [6, 6.07) is 5.19. The minimum Gasteiger partial charge on any atom is -0.339 e. The van der Waals surface area contributed by atoms with Gasteiger partial charge in [0, 0.05) is 31.7 Å². The summed E-state index contributed by atoms with van der Waals surface area (Å²) >= 11 is 0. The molecule has 8 heteroatoms. The van der Waals surface area contributed by atoms with E-state index < -0.39 is 15.8 Å². The van der Waals surface area contributed by atoms with Gasteiger partial charge in [0.05, 0.1) is 16.9 Å². The number of benzene rings is 1. The third-order valence-corrected chi connectivity index (χ3v) is 5.99. The fraction of sp³-hybridized carbons (Fsp3) is 0.467. The minimum absolute atomic E-state index is 0.0443. The number of carbonyl (C=O) groups excluding carboxylic acids is 1. The minimum atomic E-state index is -3.88. The maximum Gasteiger partial charge on any atom is 0.253 e. The van der Waals surface area contributed by atoms with Crippen molar-refractivity contribution in [3.63, 3.8) is 0 Å². The zero-order chi connectivity index (χ0) is 16.6. The first kappa shape index (κ1) is 15.9. The van der Waals surface area contributed by atoms with Crippen molar-refractivity contribution in [2.24, 2.45) is 5.92 Å². The Kier molecular flexibility index (Phi) is 4.08. The van der Waals surface area contributed by atoms with Gasteiger partial charge in [-0.05, 0) is 31.0 Å². The number of amides is 1. The zero-order valence-electron chi connectivity index (χ0n) is 12.4. The summed E-state index contributed by atoms with van der Waals surface area (Å²) in [5.74, 6) is -1.44. The predicted molar refractivity (Wildman–Crippen MR) is 79.4 cm³/mol. The third-order valence-electron chi connectivity index (χ3n) is 4.18. The molecule has 3 rings (SSSR count). The molecule has 23 heavy (non-hydrogen) atoms. The van der Waals surface area contributed by atoms with Crippen molar-refractivity contribution in [1.29, 1.82) is 5.26 Å². The molecule has 0 unspecified atom stereocenters. The zero-order valence-corrected chi connectivity index (χ0v) is 13.2. The quantitative estimate of drug-likeness (QED) is 0.830. The Hall–Kier alpha value is -1.98. The Labute approximate surface area is 134 Å². The van der Waals surface area contributed by atoms with Gasteiger partial charge >= 0.3 is 0 Å². The number of rotatable bonds is 3. The van der Waals surface area contributed by atoms with Crippen molar-refractivity contribution in [3.05, 3.63) is 29.6 Å². The molecule has 0 aromatic heterocycles. The monoisotopic (exact) mass is 337 g/mol. The molecule has 0 saturated carbocycles. The van der Waals surface area contributed by atoms with Crippen molar-refractivity contribution in [2.75, 3.05) is 26.2 Å². The van der Waals surface area contributed by atoms with E-state index in [4.69, 9.17) is 5.26 Å². The van der Waals surface area contributed by atoms with Crippen LogP contribution in [-0.4, -0.2) is 49.7 Å². The van der Waals surface area contributed by atoms with Gasteiger partial charge in [-0.15, -0.1) is 0 Å². The van der Waals surface area contributed by atoms with E-state index in [1.54, 1.807) is 4.90 Å². The van der Waals surface area contributed by atoms with Crippen LogP contribution in [0.1, 0.15) is 23.2 Å². The second kappa shape index (κ2) is 5.91. The van der Waals surface area contributed by atoms with E-state index in [-0.39, 0.29) is 35.4 Å². The van der Waals surface area contributed by atoms with Crippen LogP contribution in [0.2, 0.25) is 0 Å². The summed E-state index contributed by atoms with van der Waals surface area (Å²) in [5, 5.41) is 8.74. The standard InChI is InChI=1S/C15H16FN3O3S/c16-13-5-12(15(20)18-3-1-2-4-18)6-14(7-13)23(21,22)19-9-11(8-17)10-19/h5-7,11H,1-4,9-10H2. The lowest BCUT2D eigenvalue weighted by atomic mass is 10.1. The highest BCUT2D eigenvalue weighted by Gasteiger charge is 2.37. The number of sulfonamides is 1. The van der Waals surface area contributed by atoms with E-state index in [9.17, 15) is 17.6 Å². The molecule has 0 radical (unpaired) electrons. The predicted octanol–water partition coefficient (Wildman–Crippen LogP) is 1.21. The summed E-state index contributed by atoms with van der Waals surface area (Å²) in [5.41, 5.74) is 0.0443. The van der Waals surface area contributed by atoms with E-state index in [0.717, 1.165) is 29.3 Å². The molecule has 2 saturated heterocycles. The number of hydrogen-bond donors (Lipinski definition) is 0. The number of likely N-dealkylation sites (tertiary alicyclic amines) is 1. The Bertz CT molecular complexity index is 776. The van der Waals surface area contributed by atoms with Crippen LogP contribution in [0.15, 0.2) is 23.1 Å². The van der Waals surface area contributed by atoms with Gasteiger partial charge in [0.15, 0.2) is 0 Å². The first-order valence-electron chi connectivity index (χ1n) is 7.41. The molecule has 0 aliphatic carbocycles. The average molecular weight is 337 g/mol. The molecule has 1 amide bonds. The molecule has 0 atom stereocenters. The molecule has 122 valence electrons. The van der Waals surface area contributed by atoms with Crippen molar-refractivity contribution >= 4 is 15.9 Å². The lowest BCUT2D eigenvalue weighted by Crippen LogP contribution is -2.49. The smallest absolute Gasteiger partial charge is 0.253 e. The van der Waals surface area contributed by atoms with Crippen molar-refractivity contribution in [1.82, 2.24) is 9.21 Å². The Morgan fingerprint density at radius 3 is 2.48 bits per heavy atom. The number of nitrogens with zero attached hydrogens (tertiary/aromatic N) is 3. The van der Waals surface area contributed by atoms with Crippen LogP contribution in [-0.2, 0) is 10.0 Å². The van der Waals surface area contributed by atoms with Crippen LogP contribution in [0.4, 0.5) is 4.39 Å². The van der Waals surface area contributed by atoms with Crippen LogP contribution >= 0.6 is 0 Å². The van der Waals surface area contributed by atoms with Crippen LogP contribution < -0.4 is 0 Å². The second-order valence-corrected chi connectivity index (χ2v) is 7.76. The first-order valence-corrected chi connectivity index (χ1v) is 8.85. The Morgan fingerprint density at radius 1 is 1.22 bits per heavy atom. The maximum absolute atomic E-state index is 13.8. The summed E-state index contributed by atoms with van der Waals surface area (Å²) in [6.07, 6.45) is 1.80. The molecule has 1 aromatic rings. The van der Waals surface area contributed by atoms with Crippen molar-refractivity contribution in [2.45, 2.75) is 17.7 Å². The third kappa shape index (κ3) is 2.94. The highest BCUT2D eigenvalue weighted by Crippen LogP contribution is 2.26. The van der Waals surface area contributed by atoms with Crippen LogP contribution in [0.25, 0.3) is 0 Å². The van der Waals surface area contributed by atoms with Gasteiger partial charge in [0.2, 0.25) is 10.0 Å². The van der Waals surface area contributed by atoms with Gasteiger partial charge < -0.3 is 4.90 Å². The number of nitriles is 1. The molecular weight excluding hydrogens is 321 g/mol. The lowest BCUT2D eigenvalue weighted by molar-refractivity contribution is 0.0792. The number of carbonyl (C=O) groups is 1. The van der Waals surface area contributed by atoms with Gasteiger partial charge in [-0.25, -0.2) is 12.8 Å². The van der Waals surface area contributed by atoms with Gasteiger partial charge in [-0.2, -0.15) is 9.57 Å². The summed E-state index contributed by atoms with van der Waals surface area (Å²) in [6.45, 7) is 1.41. The van der Waals surface area contributed by atoms with E-state index in [1.807, 2.05) is 6.07 Å².